The molecule has 2 heterocycles. The Kier molecular flexibility index (Phi) is 4.22. The minimum Gasteiger partial charge on any atom is -0.369 e. The van der Waals surface area contributed by atoms with E-state index in [4.69, 9.17) is 5.73 Å². The number of aryl methyl sites for hydroxylation is 1. The minimum atomic E-state index is 0.226. The summed E-state index contributed by atoms with van der Waals surface area (Å²) < 4.78 is 1.98. The zero-order valence-electron chi connectivity index (χ0n) is 12.5. The summed E-state index contributed by atoms with van der Waals surface area (Å²) >= 11 is 0. The maximum Gasteiger partial charge on any atom is 0.0947 e. The van der Waals surface area contributed by atoms with E-state index in [9.17, 15) is 0 Å². The van der Waals surface area contributed by atoms with Crippen molar-refractivity contribution in [2.24, 2.45) is 12.8 Å². The second kappa shape index (κ2) is 6.28. The van der Waals surface area contributed by atoms with Gasteiger partial charge in [0.25, 0.3) is 0 Å². The van der Waals surface area contributed by atoms with Crippen molar-refractivity contribution in [1.29, 1.82) is 0 Å². The van der Waals surface area contributed by atoms with Crippen LogP contribution in [0.15, 0.2) is 42.9 Å². The molecule has 0 amide bonds. The summed E-state index contributed by atoms with van der Waals surface area (Å²) in [5, 5.41) is 0. The van der Waals surface area contributed by atoms with Crippen molar-refractivity contribution in [3.05, 3.63) is 48.5 Å². The van der Waals surface area contributed by atoms with E-state index in [1.54, 1.807) is 0 Å². The first-order valence-corrected chi connectivity index (χ1v) is 7.50. The molecule has 3 rings (SSSR count). The minimum absolute atomic E-state index is 0.226. The lowest BCUT2D eigenvalue weighted by molar-refractivity contribution is 0.187. The molecule has 2 aromatic rings. The van der Waals surface area contributed by atoms with Crippen LogP contribution in [0.5, 0.6) is 0 Å². The zero-order valence-corrected chi connectivity index (χ0v) is 12.5. The number of imidazole rings is 1. The van der Waals surface area contributed by atoms with E-state index in [1.807, 2.05) is 17.9 Å². The average Bonchev–Trinajstić information content (AvgIpc) is 2.96. The van der Waals surface area contributed by atoms with Crippen LogP contribution in [0.3, 0.4) is 0 Å². The van der Waals surface area contributed by atoms with E-state index in [-0.39, 0.29) is 6.04 Å². The standard InChI is InChI=1S/C16H23N5/c1-19-12-15(18-13-19)16(11-17)21-9-7-20(8-10-21)14-5-3-2-4-6-14/h2-6,12-13,16H,7-11,17H2,1H3. The van der Waals surface area contributed by atoms with Crippen molar-refractivity contribution in [3.8, 4) is 0 Å². The summed E-state index contributed by atoms with van der Waals surface area (Å²) in [6.45, 7) is 4.73. The molecule has 1 aromatic carbocycles. The van der Waals surface area contributed by atoms with Crippen LogP contribution in [0, 0.1) is 0 Å². The molecule has 21 heavy (non-hydrogen) atoms. The highest BCUT2D eigenvalue weighted by Crippen LogP contribution is 2.22. The van der Waals surface area contributed by atoms with E-state index < -0.39 is 0 Å². The van der Waals surface area contributed by atoms with Gasteiger partial charge in [0.1, 0.15) is 0 Å². The number of nitrogens with two attached hydrogens (primary N) is 1. The first kappa shape index (κ1) is 14.1. The van der Waals surface area contributed by atoms with Crippen molar-refractivity contribution in [2.45, 2.75) is 6.04 Å². The SMILES string of the molecule is Cn1cnc(C(CN)N2CCN(c3ccccc3)CC2)c1. The number of anilines is 1. The average molecular weight is 285 g/mol. The Balaban J connectivity index is 1.64. The molecular weight excluding hydrogens is 262 g/mol. The van der Waals surface area contributed by atoms with Crippen molar-refractivity contribution < 1.29 is 0 Å². The third-order valence-electron chi connectivity index (χ3n) is 4.17. The molecule has 5 heteroatoms. The Morgan fingerprint density at radius 3 is 2.43 bits per heavy atom. The molecule has 1 fully saturated rings. The molecule has 2 N–H and O–H groups in total. The summed E-state index contributed by atoms with van der Waals surface area (Å²) in [6, 6.07) is 10.8. The summed E-state index contributed by atoms with van der Waals surface area (Å²) in [4.78, 5) is 9.35. The number of benzene rings is 1. The van der Waals surface area contributed by atoms with Crippen LogP contribution in [-0.4, -0.2) is 47.2 Å². The number of aromatic nitrogens is 2. The first-order valence-electron chi connectivity index (χ1n) is 7.50. The smallest absolute Gasteiger partial charge is 0.0947 e. The van der Waals surface area contributed by atoms with Crippen molar-refractivity contribution in [3.63, 3.8) is 0 Å². The van der Waals surface area contributed by atoms with Gasteiger partial charge in [0.2, 0.25) is 0 Å². The quantitative estimate of drug-likeness (QED) is 0.918. The highest BCUT2D eigenvalue weighted by Gasteiger charge is 2.25. The maximum atomic E-state index is 5.99. The second-order valence-electron chi connectivity index (χ2n) is 5.57. The number of piperazine rings is 1. The fourth-order valence-corrected chi connectivity index (χ4v) is 2.99. The highest BCUT2D eigenvalue weighted by atomic mass is 15.3. The number of para-hydroxylation sites is 1. The molecule has 1 aliphatic heterocycles. The van der Waals surface area contributed by atoms with Crippen LogP contribution >= 0.6 is 0 Å². The molecule has 112 valence electrons. The fourth-order valence-electron chi connectivity index (χ4n) is 2.99. The van der Waals surface area contributed by atoms with Crippen LogP contribution in [0.2, 0.25) is 0 Å². The molecule has 1 aliphatic rings. The number of hydrogen-bond donors (Lipinski definition) is 1. The maximum absolute atomic E-state index is 5.99. The number of rotatable bonds is 4. The molecule has 1 saturated heterocycles. The summed E-state index contributed by atoms with van der Waals surface area (Å²) in [7, 11) is 2.00. The monoisotopic (exact) mass is 285 g/mol. The van der Waals surface area contributed by atoms with Crippen LogP contribution < -0.4 is 10.6 Å². The normalized spacial score (nSPS) is 17.9. The van der Waals surface area contributed by atoms with Crippen LogP contribution in [0.25, 0.3) is 0 Å². The lowest BCUT2D eigenvalue weighted by Gasteiger charge is -2.39. The third kappa shape index (κ3) is 3.09. The molecule has 5 nitrogen and oxygen atoms in total. The number of hydrogen-bond acceptors (Lipinski definition) is 4. The lowest BCUT2D eigenvalue weighted by atomic mass is 10.1. The Morgan fingerprint density at radius 2 is 1.86 bits per heavy atom. The molecular formula is C16H23N5. The van der Waals surface area contributed by atoms with Crippen LogP contribution in [0.4, 0.5) is 5.69 Å². The van der Waals surface area contributed by atoms with Crippen molar-refractivity contribution in [1.82, 2.24) is 14.5 Å². The molecule has 0 radical (unpaired) electrons. The van der Waals surface area contributed by atoms with Gasteiger partial charge in [-0.05, 0) is 12.1 Å². The Hall–Kier alpha value is -1.85. The van der Waals surface area contributed by atoms with E-state index in [0.29, 0.717) is 6.54 Å². The van der Waals surface area contributed by atoms with Gasteiger partial charge >= 0.3 is 0 Å². The Morgan fingerprint density at radius 1 is 1.14 bits per heavy atom. The molecule has 0 aliphatic carbocycles. The van der Waals surface area contributed by atoms with Gasteiger partial charge in [0.15, 0.2) is 0 Å². The highest BCUT2D eigenvalue weighted by molar-refractivity contribution is 5.46. The van der Waals surface area contributed by atoms with Gasteiger partial charge in [-0.15, -0.1) is 0 Å². The fraction of sp³-hybridized carbons (Fsp3) is 0.438. The van der Waals surface area contributed by atoms with Gasteiger partial charge in [0, 0.05) is 51.7 Å². The molecule has 1 atom stereocenters. The predicted octanol–water partition coefficient (Wildman–Crippen LogP) is 1.24. The second-order valence-corrected chi connectivity index (χ2v) is 5.57. The summed E-state index contributed by atoms with van der Waals surface area (Å²) in [5.41, 5.74) is 8.37. The predicted molar refractivity (Wildman–Crippen MR) is 85.2 cm³/mol. The topological polar surface area (TPSA) is 50.3 Å². The van der Waals surface area contributed by atoms with Gasteiger partial charge in [-0.1, -0.05) is 18.2 Å². The van der Waals surface area contributed by atoms with Crippen LogP contribution in [0.1, 0.15) is 11.7 Å². The molecule has 1 unspecified atom stereocenters. The van der Waals surface area contributed by atoms with E-state index >= 15 is 0 Å². The van der Waals surface area contributed by atoms with Crippen molar-refractivity contribution >= 4 is 5.69 Å². The lowest BCUT2D eigenvalue weighted by Crippen LogP contribution is -2.49. The first-order chi connectivity index (χ1) is 10.3. The molecule has 0 bridgehead atoms. The van der Waals surface area contributed by atoms with E-state index in [2.05, 4.69) is 51.3 Å². The van der Waals surface area contributed by atoms with Crippen molar-refractivity contribution in [2.75, 3.05) is 37.6 Å². The van der Waals surface area contributed by atoms with E-state index in [1.165, 1.54) is 5.69 Å². The Labute approximate surface area is 126 Å². The molecule has 0 spiro atoms. The largest absolute Gasteiger partial charge is 0.369 e. The van der Waals surface area contributed by atoms with Gasteiger partial charge < -0.3 is 15.2 Å². The zero-order chi connectivity index (χ0) is 14.7. The molecule has 0 saturated carbocycles. The summed E-state index contributed by atoms with van der Waals surface area (Å²) in [6.07, 6.45) is 3.92. The molecule has 1 aromatic heterocycles. The van der Waals surface area contributed by atoms with Crippen LogP contribution in [-0.2, 0) is 7.05 Å². The van der Waals surface area contributed by atoms with Gasteiger partial charge in [-0.2, -0.15) is 0 Å². The Bertz CT molecular complexity index is 557. The van der Waals surface area contributed by atoms with Gasteiger partial charge in [-0.3, -0.25) is 4.90 Å². The third-order valence-corrected chi connectivity index (χ3v) is 4.17. The van der Waals surface area contributed by atoms with Gasteiger partial charge in [0.05, 0.1) is 18.1 Å². The van der Waals surface area contributed by atoms with Gasteiger partial charge in [-0.25, -0.2) is 4.98 Å². The van der Waals surface area contributed by atoms with E-state index in [0.717, 1.165) is 31.9 Å². The number of nitrogens with zero attached hydrogens (tertiary/aromatic N) is 4. The summed E-state index contributed by atoms with van der Waals surface area (Å²) in [5.74, 6) is 0.